The Kier molecular flexibility index (Phi) is 11.3. The highest BCUT2D eigenvalue weighted by molar-refractivity contribution is 5.97. The van der Waals surface area contributed by atoms with E-state index in [0.29, 0.717) is 30.0 Å². The molecule has 2 aromatic carbocycles. The molecule has 3 atom stereocenters. The number of halogens is 1. The molecule has 3 aliphatic rings. The number of piperidine rings is 1. The van der Waals surface area contributed by atoms with Gasteiger partial charge >= 0.3 is 12.1 Å². The Bertz CT molecular complexity index is 1510. The second-order valence-electron chi connectivity index (χ2n) is 13.9. The van der Waals surface area contributed by atoms with Crippen LogP contribution >= 0.6 is 0 Å². The summed E-state index contributed by atoms with van der Waals surface area (Å²) >= 11 is 0. The summed E-state index contributed by atoms with van der Waals surface area (Å²) in [7, 11) is 6.13. The number of methoxy groups -OCH3 is 2. The summed E-state index contributed by atoms with van der Waals surface area (Å²) in [5.74, 6) is 0.00732. The van der Waals surface area contributed by atoms with Crippen LogP contribution in [0.5, 0.6) is 0 Å². The van der Waals surface area contributed by atoms with Gasteiger partial charge in [0.25, 0.3) is 5.91 Å². The third-order valence-corrected chi connectivity index (χ3v) is 11.0. The van der Waals surface area contributed by atoms with E-state index in [2.05, 4.69) is 21.2 Å². The van der Waals surface area contributed by atoms with Crippen LogP contribution in [0.1, 0.15) is 60.0 Å². The molecular weight excluding hydrogens is 613 g/mol. The lowest BCUT2D eigenvalue weighted by molar-refractivity contribution is -0.142. The third-order valence-electron chi connectivity index (χ3n) is 11.0. The van der Waals surface area contributed by atoms with Crippen molar-refractivity contribution in [2.75, 3.05) is 72.5 Å². The van der Waals surface area contributed by atoms with Crippen LogP contribution in [0.15, 0.2) is 42.5 Å². The summed E-state index contributed by atoms with van der Waals surface area (Å²) in [5.41, 5.74) is 2.03. The molecule has 0 unspecified atom stereocenters. The quantitative estimate of drug-likeness (QED) is 0.341. The molecule has 1 aliphatic carbocycles. The monoisotopic (exact) mass is 661 g/mol. The van der Waals surface area contributed by atoms with Crippen molar-refractivity contribution in [3.05, 3.63) is 65.0 Å². The molecule has 2 aromatic rings. The fraction of sp³-hybridized carbons (Fsp3) is 0.568. The van der Waals surface area contributed by atoms with Crippen LogP contribution in [0.2, 0.25) is 0 Å². The Labute approximate surface area is 283 Å². The Morgan fingerprint density at radius 1 is 1.04 bits per heavy atom. The first-order valence-corrected chi connectivity index (χ1v) is 17.0. The van der Waals surface area contributed by atoms with Crippen molar-refractivity contribution in [1.29, 1.82) is 5.26 Å². The zero-order chi connectivity index (χ0) is 34.4. The Morgan fingerprint density at radius 3 is 2.44 bits per heavy atom. The number of carbonyl (C=O) groups excluding carboxylic acids is 3. The largest absolute Gasteiger partial charge is 0.469 e. The molecule has 1 saturated carbocycles. The van der Waals surface area contributed by atoms with Gasteiger partial charge in [0.1, 0.15) is 5.82 Å². The molecule has 2 amide bonds. The first-order valence-electron chi connectivity index (χ1n) is 17.0. The predicted molar refractivity (Wildman–Crippen MR) is 180 cm³/mol. The molecule has 258 valence electrons. The Morgan fingerprint density at radius 2 is 1.79 bits per heavy atom. The molecular formula is C37H48FN5O5. The van der Waals surface area contributed by atoms with Crippen LogP contribution in [0.4, 0.5) is 14.9 Å². The van der Waals surface area contributed by atoms with Crippen molar-refractivity contribution >= 4 is 23.7 Å². The number of hydrogen-bond donors (Lipinski definition) is 1. The number of amides is 2. The first kappa shape index (κ1) is 35.1. The van der Waals surface area contributed by atoms with Crippen molar-refractivity contribution < 1.29 is 28.2 Å². The minimum Gasteiger partial charge on any atom is -0.469 e. The highest BCUT2D eigenvalue weighted by Gasteiger charge is 2.52. The van der Waals surface area contributed by atoms with Crippen LogP contribution in [-0.4, -0.2) is 95.4 Å². The van der Waals surface area contributed by atoms with Gasteiger partial charge in [-0.15, -0.1) is 0 Å². The van der Waals surface area contributed by atoms with E-state index in [1.807, 2.05) is 18.2 Å². The lowest BCUT2D eigenvalue weighted by atomic mass is 9.57. The molecule has 5 rings (SSSR count). The lowest BCUT2D eigenvalue weighted by Crippen LogP contribution is -2.56. The van der Waals surface area contributed by atoms with E-state index in [1.165, 1.54) is 25.2 Å². The van der Waals surface area contributed by atoms with Gasteiger partial charge < -0.3 is 29.5 Å². The second kappa shape index (κ2) is 15.4. The predicted octanol–water partition coefficient (Wildman–Crippen LogP) is 4.82. The average Bonchev–Trinajstić information content (AvgIpc) is 3.54. The van der Waals surface area contributed by atoms with Crippen LogP contribution in [-0.2, 0) is 19.7 Å². The van der Waals surface area contributed by atoms with Gasteiger partial charge in [0.2, 0.25) is 0 Å². The van der Waals surface area contributed by atoms with Crippen LogP contribution in [0.25, 0.3) is 0 Å². The zero-order valence-corrected chi connectivity index (χ0v) is 28.5. The highest BCUT2D eigenvalue weighted by Crippen LogP contribution is 2.53. The number of esters is 1. The number of nitrogens with one attached hydrogen (secondary N) is 1. The van der Waals surface area contributed by atoms with E-state index < -0.39 is 11.5 Å². The number of ether oxygens (including phenoxy) is 2. The SMILES string of the molecule is COC(=O)C[C@H]1CCC[C@@H]1[C@](CNC(=O)OC)(c1cccc(F)c1)C1CCN(CC2CN(c3ccc(C#N)c(C(=O)N(C)C)c3)C2)CC1. The summed E-state index contributed by atoms with van der Waals surface area (Å²) in [6, 6.07) is 14.4. The van der Waals surface area contributed by atoms with Crippen LogP contribution in [0, 0.1) is 40.8 Å². The van der Waals surface area contributed by atoms with Crippen LogP contribution < -0.4 is 10.2 Å². The minimum atomic E-state index is -0.581. The van der Waals surface area contributed by atoms with Crippen molar-refractivity contribution in [3.8, 4) is 6.07 Å². The molecule has 11 heteroatoms. The van der Waals surface area contributed by atoms with Gasteiger partial charge in [0, 0.05) is 63.7 Å². The summed E-state index contributed by atoms with van der Waals surface area (Å²) in [6.45, 7) is 4.75. The number of nitrogens with zero attached hydrogens (tertiary/aromatic N) is 4. The van der Waals surface area contributed by atoms with Gasteiger partial charge in [-0.2, -0.15) is 5.26 Å². The highest BCUT2D eigenvalue weighted by atomic mass is 19.1. The number of rotatable bonds is 11. The molecule has 2 heterocycles. The molecule has 1 N–H and O–H groups in total. The van der Waals surface area contributed by atoms with Crippen molar-refractivity contribution in [1.82, 2.24) is 15.1 Å². The maximum atomic E-state index is 14.9. The summed E-state index contributed by atoms with van der Waals surface area (Å²) in [4.78, 5) is 43.9. The van der Waals surface area contributed by atoms with E-state index >= 15 is 0 Å². The maximum Gasteiger partial charge on any atom is 0.406 e. The number of likely N-dealkylation sites (tertiary alicyclic amines) is 1. The van der Waals surface area contributed by atoms with Gasteiger partial charge in [-0.25, -0.2) is 9.18 Å². The number of carbonyl (C=O) groups is 3. The Hall–Kier alpha value is -4.17. The van der Waals surface area contributed by atoms with E-state index in [0.717, 1.165) is 76.1 Å². The second-order valence-corrected chi connectivity index (χ2v) is 13.9. The average molecular weight is 662 g/mol. The molecule has 0 radical (unpaired) electrons. The molecule has 3 fully saturated rings. The maximum absolute atomic E-state index is 14.9. The molecule has 10 nitrogen and oxygen atoms in total. The molecule has 0 aromatic heterocycles. The fourth-order valence-electron chi connectivity index (χ4n) is 8.59. The molecule has 0 spiro atoms. The summed E-state index contributed by atoms with van der Waals surface area (Å²) < 4.78 is 24.9. The van der Waals surface area contributed by atoms with Gasteiger partial charge in [-0.05, 0) is 92.4 Å². The molecule has 0 bridgehead atoms. The molecule has 2 aliphatic heterocycles. The van der Waals surface area contributed by atoms with Crippen molar-refractivity contribution in [2.24, 2.45) is 23.7 Å². The number of benzene rings is 2. The van der Waals surface area contributed by atoms with Crippen molar-refractivity contribution in [3.63, 3.8) is 0 Å². The molecule has 48 heavy (non-hydrogen) atoms. The van der Waals surface area contributed by atoms with E-state index in [1.54, 1.807) is 32.3 Å². The normalized spacial score (nSPS) is 21.5. The minimum absolute atomic E-state index is 0.0592. The third kappa shape index (κ3) is 7.44. The van der Waals surface area contributed by atoms with E-state index in [9.17, 15) is 24.0 Å². The number of alkyl carbamates (subject to hydrolysis) is 1. The van der Waals surface area contributed by atoms with Gasteiger partial charge in [0.15, 0.2) is 0 Å². The van der Waals surface area contributed by atoms with Crippen LogP contribution in [0.3, 0.4) is 0 Å². The number of nitriles is 1. The number of anilines is 1. The first-order chi connectivity index (χ1) is 23.1. The van der Waals surface area contributed by atoms with Gasteiger partial charge in [-0.1, -0.05) is 18.6 Å². The standard InChI is InChI=1S/C37H48FN5O5/c1-41(2)35(45)32-19-31(12-11-27(32)20-39)43-22-25(23-43)21-42-15-13-28(14-16-42)37(24-40-36(46)48-4,29-8-6-9-30(38)18-29)33-10-5-7-26(33)17-34(44)47-3/h6,8-9,11-12,18-19,25-26,28,33H,5,7,10,13-17,21-24H2,1-4H3,(H,40,46)/t26-,33+,37+/m1/s1. The zero-order valence-electron chi connectivity index (χ0n) is 28.5. The Balaban J connectivity index is 1.30. The fourth-order valence-corrected chi connectivity index (χ4v) is 8.59. The summed E-state index contributed by atoms with van der Waals surface area (Å²) in [6.07, 6.45) is 4.27. The van der Waals surface area contributed by atoms with Gasteiger partial charge in [-0.3, -0.25) is 9.59 Å². The smallest absolute Gasteiger partial charge is 0.406 e. The lowest BCUT2D eigenvalue weighted by Gasteiger charge is -2.51. The molecule has 2 saturated heterocycles. The van der Waals surface area contributed by atoms with Gasteiger partial charge in [0.05, 0.1) is 31.4 Å². The topological polar surface area (TPSA) is 115 Å². The van der Waals surface area contributed by atoms with E-state index in [-0.39, 0.29) is 35.4 Å². The van der Waals surface area contributed by atoms with Crippen molar-refractivity contribution in [2.45, 2.75) is 43.9 Å². The number of hydrogen-bond acceptors (Lipinski definition) is 8. The van der Waals surface area contributed by atoms with E-state index in [4.69, 9.17) is 9.47 Å². The summed E-state index contributed by atoms with van der Waals surface area (Å²) in [5, 5.41) is 12.5.